The Kier molecular flexibility index (Phi) is 4.72. The van der Waals surface area contributed by atoms with Gasteiger partial charge in [-0.1, -0.05) is 6.07 Å². The van der Waals surface area contributed by atoms with Gasteiger partial charge in [0.1, 0.15) is 29.2 Å². The van der Waals surface area contributed by atoms with Crippen LogP contribution in [0, 0.1) is 18.6 Å². The lowest BCUT2D eigenvalue weighted by atomic mass is 9.93. The molecule has 0 aliphatic carbocycles. The molecule has 0 amide bonds. The molecule has 0 N–H and O–H groups in total. The summed E-state index contributed by atoms with van der Waals surface area (Å²) in [5, 5.41) is 2.20. The van der Waals surface area contributed by atoms with E-state index in [9.17, 15) is 8.78 Å². The van der Waals surface area contributed by atoms with E-state index >= 15 is 0 Å². The highest BCUT2D eigenvalue weighted by molar-refractivity contribution is 7.98. The maximum atomic E-state index is 14.4. The van der Waals surface area contributed by atoms with Crippen LogP contribution in [0.4, 0.5) is 8.78 Å². The summed E-state index contributed by atoms with van der Waals surface area (Å²) in [5.74, 6) is 0.721. The van der Waals surface area contributed by atoms with Gasteiger partial charge in [0.15, 0.2) is 0 Å². The predicted octanol–water partition coefficient (Wildman–Crippen LogP) is 6.22. The van der Waals surface area contributed by atoms with Gasteiger partial charge in [0.2, 0.25) is 0 Å². The zero-order valence-corrected chi connectivity index (χ0v) is 16.3. The van der Waals surface area contributed by atoms with E-state index in [4.69, 9.17) is 9.47 Å². The summed E-state index contributed by atoms with van der Waals surface area (Å²) in [5.41, 5.74) is 1.66. The number of ether oxygens (including phenoxy) is 2. The number of thioether (sulfide) groups is 1. The van der Waals surface area contributed by atoms with Gasteiger partial charge in [0, 0.05) is 16.0 Å². The van der Waals surface area contributed by atoms with Crippen molar-refractivity contribution in [2.75, 3.05) is 13.4 Å². The summed E-state index contributed by atoms with van der Waals surface area (Å²) in [6.07, 6.45) is 2.86. The Hall–Kier alpha value is -2.27. The van der Waals surface area contributed by atoms with Crippen molar-refractivity contribution >= 4 is 22.5 Å². The van der Waals surface area contributed by atoms with Crippen LogP contribution in [0.25, 0.3) is 10.8 Å². The molecule has 140 valence electrons. The summed E-state index contributed by atoms with van der Waals surface area (Å²) >= 11 is 1.64. The molecule has 1 aliphatic heterocycles. The minimum atomic E-state index is -0.489. The normalized spacial score (nSPS) is 16.1. The Morgan fingerprint density at radius 2 is 1.93 bits per heavy atom. The molecule has 0 saturated heterocycles. The zero-order chi connectivity index (χ0) is 19.1. The lowest BCUT2D eigenvalue weighted by Gasteiger charge is -2.28. The molecule has 0 fully saturated rings. The van der Waals surface area contributed by atoms with E-state index < -0.39 is 17.7 Å². The molecule has 2 nitrogen and oxygen atoms in total. The average molecular weight is 386 g/mol. The Morgan fingerprint density at radius 1 is 1.11 bits per heavy atom. The minimum Gasteiger partial charge on any atom is -0.496 e. The number of benzene rings is 3. The molecule has 0 aromatic heterocycles. The fourth-order valence-electron chi connectivity index (χ4n) is 3.68. The van der Waals surface area contributed by atoms with Crippen molar-refractivity contribution < 1.29 is 18.3 Å². The van der Waals surface area contributed by atoms with Gasteiger partial charge in [-0.15, -0.1) is 11.8 Å². The van der Waals surface area contributed by atoms with Gasteiger partial charge in [-0.25, -0.2) is 8.78 Å². The smallest absolute Gasteiger partial charge is 0.133 e. The second-order valence-electron chi connectivity index (χ2n) is 6.74. The molecule has 3 aromatic carbocycles. The van der Waals surface area contributed by atoms with Crippen molar-refractivity contribution in [2.24, 2.45) is 0 Å². The second kappa shape index (κ2) is 7.04. The van der Waals surface area contributed by atoms with Crippen molar-refractivity contribution in [3.63, 3.8) is 0 Å². The third-order valence-corrected chi connectivity index (χ3v) is 5.90. The largest absolute Gasteiger partial charge is 0.496 e. The predicted molar refractivity (Wildman–Crippen MR) is 105 cm³/mol. The quantitative estimate of drug-likeness (QED) is 0.498. The standard InChI is InChI=1S/C22H20F2O2S/c1-12-8-18(24)16(10-17(12)23)20-7-5-14-15-11-21(25-2)22(27-3)9-13(15)4-6-19(14)26-20/h4,6,8-11,20H,5,7H2,1-3H3/t20-/m0/s1. The Balaban J connectivity index is 1.75. The van der Waals surface area contributed by atoms with E-state index in [1.54, 1.807) is 25.8 Å². The van der Waals surface area contributed by atoms with E-state index in [0.29, 0.717) is 12.0 Å². The fraction of sp³-hybridized carbons (Fsp3) is 0.273. The molecule has 27 heavy (non-hydrogen) atoms. The Labute approximate surface area is 161 Å². The lowest BCUT2D eigenvalue weighted by Crippen LogP contribution is -2.17. The Morgan fingerprint density at radius 3 is 2.67 bits per heavy atom. The molecule has 5 heteroatoms. The van der Waals surface area contributed by atoms with Crippen molar-refractivity contribution in [1.82, 2.24) is 0 Å². The fourth-order valence-corrected chi connectivity index (χ4v) is 4.26. The van der Waals surface area contributed by atoms with Crippen molar-refractivity contribution in [3.8, 4) is 11.5 Å². The summed E-state index contributed by atoms with van der Waals surface area (Å²) < 4.78 is 39.9. The minimum absolute atomic E-state index is 0.277. The molecule has 1 heterocycles. The number of methoxy groups -OCH3 is 1. The lowest BCUT2D eigenvalue weighted by molar-refractivity contribution is 0.172. The van der Waals surface area contributed by atoms with E-state index in [0.717, 1.165) is 39.2 Å². The van der Waals surface area contributed by atoms with Gasteiger partial charge in [0.25, 0.3) is 0 Å². The highest BCUT2D eigenvalue weighted by Crippen LogP contribution is 2.42. The monoisotopic (exact) mass is 386 g/mol. The molecule has 1 aliphatic rings. The highest BCUT2D eigenvalue weighted by Gasteiger charge is 2.26. The third kappa shape index (κ3) is 3.14. The first-order valence-corrected chi connectivity index (χ1v) is 10.0. The number of halogens is 2. The zero-order valence-electron chi connectivity index (χ0n) is 15.4. The molecular weight excluding hydrogens is 366 g/mol. The molecule has 4 rings (SSSR count). The van der Waals surface area contributed by atoms with Crippen LogP contribution in [-0.4, -0.2) is 13.4 Å². The SMILES string of the molecule is COc1cc2c3c(ccc2cc1SC)O[C@H](c1cc(F)c(C)cc1F)CC3. The van der Waals surface area contributed by atoms with Crippen LogP contribution in [-0.2, 0) is 6.42 Å². The first-order valence-electron chi connectivity index (χ1n) is 8.81. The number of fused-ring (bicyclic) bond motifs is 3. The molecular formula is C22H20F2O2S. The van der Waals surface area contributed by atoms with Gasteiger partial charge in [-0.05, 0) is 72.7 Å². The number of hydrogen-bond acceptors (Lipinski definition) is 3. The molecule has 0 spiro atoms. The summed E-state index contributed by atoms with van der Waals surface area (Å²) in [7, 11) is 1.66. The van der Waals surface area contributed by atoms with Crippen LogP contribution < -0.4 is 9.47 Å². The van der Waals surface area contributed by atoms with Crippen LogP contribution in [0.15, 0.2) is 41.3 Å². The van der Waals surface area contributed by atoms with Crippen LogP contribution >= 0.6 is 11.8 Å². The highest BCUT2D eigenvalue weighted by atomic mass is 32.2. The molecule has 1 atom stereocenters. The summed E-state index contributed by atoms with van der Waals surface area (Å²) in [6, 6.07) is 10.6. The Bertz CT molecular complexity index is 1030. The topological polar surface area (TPSA) is 18.5 Å². The van der Waals surface area contributed by atoms with Crippen LogP contribution in [0.1, 0.15) is 29.2 Å². The average Bonchev–Trinajstić information content (AvgIpc) is 2.69. The number of hydrogen-bond donors (Lipinski definition) is 0. The van der Waals surface area contributed by atoms with Crippen molar-refractivity contribution in [1.29, 1.82) is 0 Å². The molecule has 0 bridgehead atoms. The molecule has 0 saturated carbocycles. The maximum Gasteiger partial charge on any atom is 0.133 e. The van der Waals surface area contributed by atoms with E-state index in [1.807, 2.05) is 24.5 Å². The van der Waals surface area contributed by atoms with Gasteiger partial charge in [-0.2, -0.15) is 0 Å². The van der Waals surface area contributed by atoms with Gasteiger partial charge < -0.3 is 9.47 Å². The third-order valence-electron chi connectivity index (χ3n) is 5.14. The molecule has 0 unspecified atom stereocenters. The van der Waals surface area contributed by atoms with E-state index in [-0.39, 0.29) is 5.56 Å². The van der Waals surface area contributed by atoms with E-state index in [2.05, 4.69) is 6.07 Å². The van der Waals surface area contributed by atoms with Gasteiger partial charge >= 0.3 is 0 Å². The molecule has 0 radical (unpaired) electrons. The summed E-state index contributed by atoms with van der Waals surface area (Å²) in [6.45, 7) is 1.56. The van der Waals surface area contributed by atoms with Gasteiger partial charge in [-0.3, -0.25) is 0 Å². The van der Waals surface area contributed by atoms with Crippen molar-refractivity contribution in [2.45, 2.75) is 30.8 Å². The van der Waals surface area contributed by atoms with Crippen LogP contribution in [0.3, 0.4) is 0 Å². The van der Waals surface area contributed by atoms with Crippen molar-refractivity contribution in [3.05, 3.63) is 64.7 Å². The van der Waals surface area contributed by atoms with Gasteiger partial charge in [0.05, 0.1) is 7.11 Å². The van der Waals surface area contributed by atoms with Crippen LogP contribution in [0.2, 0.25) is 0 Å². The summed E-state index contributed by atoms with van der Waals surface area (Å²) in [4.78, 5) is 1.08. The number of rotatable bonds is 3. The first kappa shape index (κ1) is 18.1. The first-order chi connectivity index (χ1) is 13.0. The number of aryl methyl sites for hydroxylation is 2. The second-order valence-corrected chi connectivity index (χ2v) is 7.59. The maximum absolute atomic E-state index is 14.4. The van der Waals surface area contributed by atoms with E-state index in [1.165, 1.54) is 12.1 Å². The van der Waals surface area contributed by atoms with Crippen LogP contribution in [0.5, 0.6) is 11.5 Å². The molecule has 3 aromatic rings.